The summed E-state index contributed by atoms with van der Waals surface area (Å²) in [5.74, 6) is 2.46. The maximum Gasteiger partial charge on any atom is 0.240 e. The molecular formula is C23H30N8OS. The lowest BCUT2D eigenvalue weighted by Crippen LogP contribution is -2.60. The number of amides is 1. The van der Waals surface area contributed by atoms with Gasteiger partial charge in [0, 0.05) is 29.9 Å². The van der Waals surface area contributed by atoms with Gasteiger partial charge in [-0.1, -0.05) is 0 Å². The Hall–Kier alpha value is -2.72. The molecular weight excluding hydrogens is 436 g/mol. The molecule has 0 spiro atoms. The second-order valence-corrected chi connectivity index (χ2v) is 10.4. The van der Waals surface area contributed by atoms with Gasteiger partial charge in [-0.25, -0.2) is 4.98 Å². The zero-order valence-corrected chi connectivity index (χ0v) is 19.6. The lowest BCUT2D eigenvalue weighted by atomic mass is 9.81. The lowest BCUT2D eigenvalue weighted by Gasteiger charge is -2.49. The van der Waals surface area contributed by atoms with E-state index in [0.717, 1.165) is 72.6 Å². The average molecular weight is 467 g/mol. The minimum absolute atomic E-state index is 0.0153. The summed E-state index contributed by atoms with van der Waals surface area (Å²) < 4.78 is 0. The van der Waals surface area contributed by atoms with Crippen LogP contribution in [0.5, 0.6) is 0 Å². The van der Waals surface area contributed by atoms with Crippen LogP contribution in [0.25, 0.3) is 10.2 Å². The predicted octanol–water partition coefficient (Wildman–Crippen LogP) is 3.54. The number of anilines is 3. The summed E-state index contributed by atoms with van der Waals surface area (Å²) in [6, 6.07) is 4.89. The van der Waals surface area contributed by atoms with Crippen LogP contribution in [-0.4, -0.2) is 61.7 Å². The normalized spacial score (nSPS) is 27.1. The number of aromatic nitrogens is 4. The summed E-state index contributed by atoms with van der Waals surface area (Å²) in [6.07, 6.45) is 7.34. The number of aromatic amines is 1. The highest BCUT2D eigenvalue weighted by Crippen LogP contribution is 2.36. The molecule has 1 amide bonds. The molecule has 6 heterocycles. The van der Waals surface area contributed by atoms with E-state index in [2.05, 4.69) is 31.0 Å². The van der Waals surface area contributed by atoms with Crippen molar-refractivity contribution in [3.05, 3.63) is 23.2 Å². The zero-order chi connectivity index (χ0) is 22.4. The number of piperidine rings is 2. The van der Waals surface area contributed by atoms with Crippen molar-refractivity contribution in [3.63, 3.8) is 0 Å². The van der Waals surface area contributed by atoms with Crippen LogP contribution in [0.15, 0.2) is 17.5 Å². The van der Waals surface area contributed by atoms with Gasteiger partial charge in [0.25, 0.3) is 0 Å². The van der Waals surface area contributed by atoms with E-state index in [0.29, 0.717) is 23.9 Å². The molecule has 33 heavy (non-hydrogen) atoms. The molecule has 4 N–H and O–H groups in total. The number of H-pyrrole nitrogens is 1. The van der Waals surface area contributed by atoms with Crippen molar-refractivity contribution in [2.45, 2.75) is 76.0 Å². The van der Waals surface area contributed by atoms with Crippen LogP contribution < -0.4 is 16.0 Å². The monoisotopic (exact) mass is 466 g/mol. The Morgan fingerprint density at radius 3 is 2.76 bits per heavy atom. The molecule has 3 fully saturated rings. The fourth-order valence-electron chi connectivity index (χ4n) is 5.74. The first-order valence-electron chi connectivity index (χ1n) is 12.0. The van der Waals surface area contributed by atoms with Crippen LogP contribution in [0.1, 0.15) is 50.6 Å². The maximum absolute atomic E-state index is 13.2. The number of hydrogen-bond acceptors (Lipinski definition) is 8. The van der Waals surface area contributed by atoms with Gasteiger partial charge in [0.15, 0.2) is 5.82 Å². The first kappa shape index (κ1) is 20.9. The van der Waals surface area contributed by atoms with Crippen molar-refractivity contribution in [2.75, 3.05) is 17.2 Å². The number of hydrogen-bond donors (Lipinski definition) is 4. The molecule has 9 nitrogen and oxygen atoms in total. The second-order valence-electron chi connectivity index (χ2n) is 9.54. The molecule has 3 aliphatic heterocycles. The number of nitrogens with zero attached hydrogens (tertiary/aromatic N) is 4. The Labute approximate surface area is 196 Å². The Balaban J connectivity index is 1.21. The molecule has 0 saturated carbocycles. The SMILES string of the molecule is Cc1cc(Nc2nc(NC3C[C@H]4CCC[C@@H](C3)N4C(=O)[C@H]3CCCN3)nc3sccc23)n[nH]1. The van der Waals surface area contributed by atoms with Crippen molar-refractivity contribution in [3.8, 4) is 0 Å². The average Bonchev–Trinajstić information content (AvgIpc) is 3.55. The molecule has 10 heteroatoms. The summed E-state index contributed by atoms with van der Waals surface area (Å²) in [4.78, 5) is 26.0. The second kappa shape index (κ2) is 8.57. The van der Waals surface area contributed by atoms with Gasteiger partial charge >= 0.3 is 0 Å². The van der Waals surface area contributed by atoms with Crippen LogP contribution in [-0.2, 0) is 4.79 Å². The molecule has 0 aromatic carbocycles. The molecule has 3 aromatic rings. The van der Waals surface area contributed by atoms with Gasteiger partial charge in [0.1, 0.15) is 10.6 Å². The van der Waals surface area contributed by atoms with Gasteiger partial charge in [0.05, 0.1) is 11.4 Å². The highest BCUT2D eigenvalue weighted by atomic mass is 32.1. The van der Waals surface area contributed by atoms with Gasteiger partial charge in [-0.2, -0.15) is 10.1 Å². The van der Waals surface area contributed by atoms with E-state index in [1.54, 1.807) is 11.3 Å². The topological polar surface area (TPSA) is 111 Å². The van der Waals surface area contributed by atoms with E-state index < -0.39 is 0 Å². The maximum atomic E-state index is 13.2. The third kappa shape index (κ3) is 4.06. The van der Waals surface area contributed by atoms with E-state index >= 15 is 0 Å². The van der Waals surface area contributed by atoms with Crippen LogP contribution in [0.3, 0.4) is 0 Å². The van der Waals surface area contributed by atoms with Crippen molar-refractivity contribution < 1.29 is 4.79 Å². The smallest absolute Gasteiger partial charge is 0.240 e. The van der Waals surface area contributed by atoms with Gasteiger partial charge in [-0.3, -0.25) is 9.89 Å². The number of thiophene rings is 1. The molecule has 0 radical (unpaired) electrons. The number of aryl methyl sites for hydroxylation is 1. The van der Waals surface area contributed by atoms with Gasteiger partial charge in [-0.05, 0) is 69.9 Å². The third-order valence-electron chi connectivity index (χ3n) is 7.20. The molecule has 174 valence electrons. The minimum Gasteiger partial charge on any atom is -0.351 e. The summed E-state index contributed by atoms with van der Waals surface area (Å²) in [5, 5.41) is 20.6. The largest absolute Gasteiger partial charge is 0.351 e. The molecule has 4 atom stereocenters. The van der Waals surface area contributed by atoms with Crippen molar-refractivity contribution in [2.24, 2.45) is 0 Å². The number of carbonyl (C=O) groups is 1. The van der Waals surface area contributed by atoms with Gasteiger partial charge in [0.2, 0.25) is 11.9 Å². The molecule has 2 bridgehead atoms. The van der Waals surface area contributed by atoms with Crippen molar-refractivity contribution >= 4 is 45.0 Å². The Morgan fingerprint density at radius 2 is 2.03 bits per heavy atom. The quantitative estimate of drug-likeness (QED) is 0.455. The predicted molar refractivity (Wildman–Crippen MR) is 130 cm³/mol. The third-order valence-corrected chi connectivity index (χ3v) is 8.00. The van der Waals surface area contributed by atoms with E-state index in [9.17, 15) is 4.79 Å². The first-order chi connectivity index (χ1) is 16.1. The van der Waals surface area contributed by atoms with E-state index in [1.807, 2.05) is 24.4 Å². The molecule has 3 saturated heterocycles. The Kier molecular flexibility index (Phi) is 5.41. The first-order valence-corrected chi connectivity index (χ1v) is 12.9. The highest BCUT2D eigenvalue weighted by Gasteiger charge is 2.43. The van der Waals surface area contributed by atoms with Crippen LogP contribution >= 0.6 is 11.3 Å². The van der Waals surface area contributed by atoms with Crippen LogP contribution in [0.2, 0.25) is 0 Å². The molecule has 3 aromatic heterocycles. The summed E-state index contributed by atoms with van der Waals surface area (Å²) in [7, 11) is 0. The van der Waals surface area contributed by atoms with E-state index in [4.69, 9.17) is 9.97 Å². The molecule has 6 rings (SSSR count). The van der Waals surface area contributed by atoms with Crippen LogP contribution in [0.4, 0.5) is 17.6 Å². The van der Waals surface area contributed by atoms with Crippen molar-refractivity contribution in [1.82, 2.24) is 30.4 Å². The fourth-order valence-corrected chi connectivity index (χ4v) is 6.50. The van der Waals surface area contributed by atoms with E-state index in [1.165, 1.54) is 6.42 Å². The summed E-state index contributed by atoms with van der Waals surface area (Å²) in [6.45, 7) is 2.93. The van der Waals surface area contributed by atoms with Crippen molar-refractivity contribution in [1.29, 1.82) is 0 Å². The highest BCUT2D eigenvalue weighted by molar-refractivity contribution is 7.16. The number of rotatable bonds is 5. The molecule has 1 unspecified atom stereocenters. The standard InChI is InChI=1S/C23H30N8OS/c1-13-10-19(30-29-13)26-20-17-7-9-33-21(17)28-23(27-20)25-14-11-15-4-2-5-16(12-14)31(15)22(32)18-6-3-8-24-18/h7,9-10,14-16,18,24H,2-6,8,11-12H2,1H3,(H3,25,26,27,28,29,30)/t14?,15-,16+,18-/m1/s1. The minimum atomic E-state index is 0.0153. The van der Waals surface area contributed by atoms with E-state index in [-0.39, 0.29) is 12.1 Å². The van der Waals surface area contributed by atoms with Crippen LogP contribution in [0, 0.1) is 6.92 Å². The molecule has 3 aliphatic rings. The number of carbonyl (C=O) groups excluding carboxylic acids is 1. The zero-order valence-electron chi connectivity index (χ0n) is 18.8. The Bertz CT molecular complexity index is 1140. The molecule has 0 aliphatic carbocycles. The van der Waals surface area contributed by atoms with Gasteiger partial charge in [-0.15, -0.1) is 11.3 Å². The lowest BCUT2D eigenvalue weighted by molar-refractivity contribution is -0.142. The number of fused-ring (bicyclic) bond motifs is 3. The Morgan fingerprint density at radius 1 is 1.18 bits per heavy atom. The summed E-state index contributed by atoms with van der Waals surface area (Å²) >= 11 is 1.61. The summed E-state index contributed by atoms with van der Waals surface area (Å²) in [5.41, 5.74) is 0.993. The van der Waals surface area contributed by atoms with Gasteiger partial charge < -0.3 is 20.9 Å². The fraction of sp³-hybridized carbons (Fsp3) is 0.565. The number of nitrogens with one attached hydrogen (secondary N) is 4.